The Kier molecular flexibility index (Phi) is 25.6. The molecule has 0 aromatic rings. The van der Waals surface area contributed by atoms with Crippen molar-refractivity contribution in [2.45, 2.75) is 155 Å². The van der Waals surface area contributed by atoms with Crippen molar-refractivity contribution in [1.29, 1.82) is 0 Å². The molecule has 2 nitrogen and oxygen atoms in total. The number of rotatable bonds is 25. The number of nitrogens with one attached hydrogen (secondary N) is 1. The Morgan fingerprint density at radius 2 is 0.800 bits per heavy atom. The van der Waals surface area contributed by atoms with E-state index in [-0.39, 0.29) is 5.91 Å². The van der Waals surface area contributed by atoms with Gasteiger partial charge >= 0.3 is 0 Å². The van der Waals surface area contributed by atoms with E-state index in [9.17, 15) is 4.79 Å². The molecule has 0 atom stereocenters. The highest BCUT2D eigenvalue weighted by Crippen LogP contribution is 2.15. The third-order valence-corrected chi connectivity index (χ3v) is 6.26. The van der Waals surface area contributed by atoms with Crippen LogP contribution in [0.25, 0.3) is 0 Å². The maximum Gasteiger partial charge on any atom is 0.243 e. The van der Waals surface area contributed by atoms with Gasteiger partial charge in [-0.15, -0.1) is 0 Å². The molecule has 0 unspecified atom stereocenters. The van der Waals surface area contributed by atoms with Crippen molar-refractivity contribution in [2.75, 3.05) is 6.54 Å². The minimum absolute atomic E-state index is 0.0474. The zero-order chi connectivity index (χ0) is 22.0. The van der Waals surface area contributed by atoms with E-state index < -0.39 is 0 Å². The fraction of sp³-hybridized carbons (Fsp3) is 0.893. The fourth-order valence-electron chi connectivity index (χ4n) is 4.19. The van der Waals surface area contributed by atoms with Gasteiger partial charge in [-0.25, -0.2) is 0 Å². The number of hydrogen-bond donors (Lipinski definition) is 1. The van der Waals surface area contributed by atoms with Crippen LogP contribution in [0.2, 0.25) is 0 Å². The molecule has 0 rings (SSSR count). The molecule has 1 N–H and O–H groups in total. The Labute approximate surface area is 190 Å². The van der Waals surface area contributed by atoms with Crippen LogP contribution in [0.15, 0.2) is 12.7 Å². The van der Waals surface area contributed by atoms with Gasteiger partial charge in [-0.05, 0) is 12.5 Å². The molecule has 0 aromatic heterocycles. The third-order valence-electron chi connectivity index (χ3n) is 6.26. The van der Waals surface area contributed by atoms with Gasteiger partial charge in [0.25, 0.3) is 0 Å². The number of amides is 1. The van der Waals surface area contributed by atoms with Crippen LogP contribution in [-0.2, 0) is 4.79 Å². The molecule has 0 radical (unpaired) electrons. The summed E-state index contributed by atoms with van der Waals surface area (Å²) in [6, 6.07) is 0. The normalized spacial score (nSPS) is 11.0. The Bertz CT molecular complexity index is 353. The molecular weight excluding hydrogens is 366 g/mol. The molecule has 178 valence electrons. The van der Waals surface area contributed by atoms with Crippen molar-refractivity contribution in [3.05, 3.63) is 12.7 Å². The summed E-state index contributed by atoms with van der Waals surface area (Å²) >= 11 is 0. The molecule has 0 aliphatic heterocycles. The average Bonchev–Trinajstić information content (AvgIpc) is 2.76. The van der Waals surface area contributed by atoms with E-state index in [2.05, 4.69) is 18.8 Å². The molecule has 0 aliphatic rings. The van der Waals surface area contributed by atoms with Gasteiger partial charge in [0.2, 0.25) is 5.91 Å². The van der Waals surface area contributed by atoms with Crippen molar-refractivity contribution in [3.63, 3.8) is 0 Å². The Balaban J connectivity index is 3.02. The van der Waals surface area contributed by atoms with E-state index in [4.69, 9.17) is 0 Å². The zero-order valence-electron chi connectivity index (χ0n) is 20.7. The molecule has 0 saturated heterocycles. The SMILES string of the molecule is C=CC(=O)NCCCCCCCCCCCCCCCCCCCCCCCCC. The van der Waals surface area contributed by atoms with Crippen molar-refractivity contribution in [1.82, 2.24) is 5.32 Å². The molecule has 1 amide bonds. The maximum atomic E-state index is 11.0. The van der Waals surface area contributed by atoms with Crippen LogP contribution in [-0.4, -0.2) is 12.5 Å². The van der Waals surface area contributed by atoms with E-state index in [0.29, 0.717) is 0 Å². The van der Waals surface area contributed by atoms with Crippen molar-refractivity contribution in [3.8, 4) is 0 Å². The minimum Gasteiger partial charge on any atom is -0.353 e. The summed E-state index contributed by atoms with van der Waals surface area (Å²) in [5.74, 6) is -0.0474. The predicted octanol–water partition coefficient (Wildman–Crippen LogP) is 9.28. The zero-order valence-corrected chi connectivity index (χ0v) is 20.7. The smallest absolute Gasteiger partial charge is 0.243 e. The van der Waals surface area contributed by atoms with Crippen molar-refractivity contribution in [2.24, 2.45) is 0 Å². The highest BCUT2D eigenvalue weighted by Gasteiger charge is 1.96. The molecule has 30 heavy (non-hydrogen) atoms. The summed E-state index contributed by atoms with van der Waals surface area (Å²) in [5, 5.41) is 2.84. The molecule has 2 heteroatoms. The third kappa shape index (κ3) is 25.2. The number of carbonyl (C=O) groups is 1. The fourth-order valence-corrected chi connectivity index (χ4v) is 4.19. The number of unbranched alkanes of at least 4 members (excludes halogenated alkanes) is 22. The standard InChI is InChI=1S/C28H55NO/c1-3-5-6-7-8-9-10-11-12-13-14-15-16-17-18-19-20-21-22-23-24-25-26-27-29-28(30)4-2/h4H,2-3,5-27H2,1H3,(H,29,30). The molecule has 0 bridgehead atoms. The second-order valence-electron chi connectivity index (χ2n) is 9.27. The van der Waals surface area contributed by atoms with Crippen LogP contribution in [0, 0.1) is 0 Å². The van der Waals surface area contributed by atoms with Gasteiger partial charge in [0.1, 0.15) is 0 Å². The second kappa shape index (κ2) is 26.2. The van der Waals surface area contributed by atoms with Crippen molar-refractivity contribution < 1.29 is 4.79 Å². The average molecular weight is 422 g/mol. The van der Waals surface area contributed by atoms with Gasteiger partial charge in [0.05, 0.1) is 0 Å². The molecule has 0 aliphatic carbocycles. The molecule has 0 spiro atoms. The van der Waals surface area contributed by atoms with E-state index in [1.165, 1.54) is 147 Å². The molecule has 0 aromatic carbocycles. The lowest BCUT2D eigenvalue weighted by Gasteiger charge is -2.04. The Morgan fingerprint density at radius 1 is 0.533 bits per heavy atom. The van der Waals surface area contributed by atoms with Gasteiger partial charge in [-0.2, -0.15) is 0 Å². The monoisotopic (exact) mass is 421 g/mol. The summed E-state index contributed by atoms with van der Waals surface area (Å²) in [4.78, 5) is 11.0. The summed E-state index contributed by atoms with van der Waals surface area (Å²) < 4.78 is 0. The highest BCUT2D eigenvalue weighted by atomic mass is 16.1. The first kappa shape index (κ1) is 29.2. The summed E-state index contributed by atoms with van der Waals surface area (Å²) in [7, 11) is 0. The van der Waals surface area contributed by atoms with Crippen LogP contribution in [0.3, 0.4) is 0 Å². The molecule has 0 fully saturated rings. The van der Waals surface area contributed by atoms with Gasteiger partial charge < -0.3 is 5.32 Å². The first-order chi connectivity index (χ1) is 14.8. The van der Waals surface area contributed by atoms with Crippen LogP contribution >= 0.6 is 0 Å². The quantitative estimate of drug-likeness (QED) is 0.115. The minimum atomic E-state index is -0.0474. The van der Waals surface area contributed by atoms with Crippen molar-refractivity contribution >= 4 is 5.91 Å². The highest BCUT2D eigenvalue weighted by molar-refractivity contribution is 5.86. The van der Waals surface area contributed by atoms with E-state index in [1.54, 1.807) is 0 Å². The maximum absolute atomic E-state index is 11.0. The first-order valence-corrected chi connectivity index (χ1v) is 13.7. The lowest BCUT2D eigenvalue weighted by atomic mass is 10.0. The van der Waals surface area contributed by atoms with Gasteiger partial charge in [0, 0.05) is 6.54 Å². The Hall–Kier alpha value is -0.790. The summed E-state index contributed by atoms with van der Waals surface area (Å²) in [5.41, 5.74) is 0. The topological polar surface area (TPSA) is 29.1 Å². The first-order valence-electron chi connectivity index (χ1n) is 13.7. The van der Waals surface area contributed by atoms with E-state index >= 15 is 0 Å². The van der Waals surface area contributed by atoms with Crippen LogP contribution in [0.5, 0.6) is 0 Å². The molecule has 0 saturated carbocycles. The number of carbonyl (C=O) groups excluding carboxylic acids is 1. The summed E-state index contributed by atoms with van der Waals surface area (Å²) in [6.07, 6.45) is 33.8. The lowest BCUT2D eigenvalue weighted by molar-refractivity contribution is -0.116. The largest absolute Gasteiger partial charge is 0.353 e. The van der Waals surface area contributed by atoms with Crippen LogP contribution in [0.4, 0.5) is 0 Å². The van der Waals surface area contributed by atoms with Crippen LogP contribution < -0.4 is 5.32 Å². The Morgan fingerprint density at radius 3 is 1.07 bits per heavy atom. The lowest BCUT2D eigenvalue weighted by Crippen LogP contribution is -2.21. The predicted molar refractivity (Wildman–Crippen MR) is 135 cm³/mol. The van der Waals surface area contributed by atoms with E-state index in [1.807, 2.05) is 0 Å². The van der Waals surface area contributed by atoms with Gasteiger partial charge in [-0.3, -0.25) is 4.79 Å². The second-order valence-corrected chi connectivity index (χ2v) is 9.27. The van der Waals surface area contributed by atoms with E-state index in [0.717, 1.165) is 13.0 Å². The van der Waals surface area contributed by atoms with Gasteiger partial charge in [-0.1, -0.05) is 155 Å². The molecular formula is C28H55NO. The summed E-state index contributed by atoms with van der Waals surface area (Å²) in [6.45, 7) is 6.55. The van der Waals surface area contributed by atoms with Crippen LogP contribution in [0.1, 0.15) is 155 Å². The molecule has 0 heterocycles. The van der Waals surface area contributed by atoms with Gasteiger partial charge in [0.15, 0.2) is 0 Å². The number of hydrogen-bond acceptors (Lipinski definition) is 1.